The van der Waals surface area contributed by atoms with Crippen LogP contribution in [-0.2, 0) is 4.79 Å². The molecule has 0 spiro atoms. The molecule has 0 atom stereocenters. The summed E-state index contributed by atoms with van der Waals surface area (Å²) in [6.45, 7) is 3.91. The van der Waals surface area contributed by atoms with Crippen molar-refractivity contribution in [2.45, 2.75) is 19.9 Å². The van der Waals surface area contributed by atoms with Crippen LogP contribution in [0.1, 0.15) is 24.2 Å². The number of nitrogens with one attached hydrogen (secondary N) is 3. The first-order valence-electron chi connectivity index (χ1n) is 8.06. The number of rotatable bonds is 7. The fourth-order valence-corrected chi connectivity index (χ4v) is 2.18. The van der Waals surface area contributed by atoms with Crippen LogP contribution in [0.2, 0.25) is 0 Å². The minimum absolute atomic E-state index is 0.0550. The maximum atomic E-state index is 12.1. The van der Waals surface area contributed by atoms with Gasteiger partial charge in [0.1, 0.15) is 5.75 Å². The molecule has 0 aliphatic carbocycles. The number of carbonyl (C=O) groups excluding carboxylic acids is 2. The molecule has 2 rings (SSSR count). The normalized spacial score (nSPS) is 10.2. The molecular formula is C19H23N3O3. The van der Waals surface area contributed by atoms with Crippen LogP contribution < -0.4 is 20.7 Å². The second-order valence-corrected chi connectivity index (χ2v) is 5.84. The van der Waals surface area contributed by atoms with Gasteiger partial charge in [-0.25, -0.2) is 0 Å². The summed E-state index contributed by atoms with van der Waals surface area (Å²) < 4.78 is 5.09. The van der Waals surface area contributed by atoms with Gasteiger partial charge in [-0.3, -0.25) is 9.59 Å². The molecule has 6 heteroatoms. The van der Waals surface area contributed by atoms with Crippen molar-refractivity contribution < 1.29 is 14.3 Å². The van der Waals surface area contributed by atoms with Crippen LogP contribution in [-0.4, -0.2) is 31.5 Å². The van der Waals surface area contributed by atoms with E-state index in [2.05, 4.69) is 16.0 Å². The molecule has 0 saturated heterocycles. The molecule has 0 unspecified atom stereocenters. The van der Waals surface area contributed by atoms with Crippen LogP contribution in [0, 0.1) is 0 Å². The van der Waals surface area contributed by atoms with Crippen LogP contribution in [0.15, 0.2) is 48.5 Å². The lowest BCUT2D eigenvalue weighted by Crippen LogP contribution is -2.30. The Bertz CT molecular complexity index is 727. The monoisotopic (exact) mass is 341 g/mol. The van der Waals surface area contributed by atoms with E-state index in [1.165, 1.54) is 0 Å². The smallest absolute Gasteiger partial charge is 0.251 e. The van der Waals surface area contributed by atoms with Crippen molar-refractivity contribution in [3.8, 4) is 5.75 Å². The highest BCUT2D eigenvalue weighted by molar-refractivity contribution is 5.98. The molecule has 2 aromatic carbocycles. The van der Waals surface area contributed by atoms with Crippen molar-refractivity contribution in [3.05, 3.63) is 54.1 Å². The molecule has 132 valence electrons. The average Bonchev–Trinajstić information content (AvgIpc) is 2.60. The zero-order valence-corrected chi connectivity index (χ0v) is 14.6. The second kappa shape index (κ2) is 8.73. The Hall–Kier alpha value is -3.02. The second-order valence-electron chi connectivity index (χ2n) is 5.84. The Labute approximate surface area is 147 Å². The van der Waals surface area contributed by atoms with Crippen LogP contribution in [0.25, 0.3) is 0 Å². The first-order chi connectivity index (χ1) is 12.0. The van der Waals surface area contributed by atoms with Gasteiger partial charge in [0, 0.05) is 23.0 Å². The van der Waals surface area contributed by atoms with E-state index in [1.807, 2.05) is 38.1 Å². The van der Waals surface area contributed by atoms with Gasteiger partial charge in [-0.05, 0) is 56.3 Å². The van der Waals surface area contributed by atoms with Gasteiger partial charge in [0.25, 0.3) is 5.91 Å². The summed E-state index contributed by atoms with van der Waals surface area (Å²) in [5, 5.41) is 8.63. The van der Waals surface area contributed by atoms with Crippen molar-refractivity contribution in [2.24, 2.45) is 0 Å². The molecule has 0 fully saturated rings. The molecule has 0 heterocycles. The molecule has 3 N–H and O–H groups in total. The number of carbonyl (C=O) groups is 2. The third kappa shape index (κ3) is 5.84. The number of hydrogen-bond acceptors (Lipinski definition) is 4. The predicted molar refractivity (Wildman–Crippen MR) is 99.2 cm³/mol. The van der Waals surface area contributed by atoms with E-state index in [1.54, 1.807) is 31.4 Å². The van der Waals surface area contributed by atoms with E-state index in [9.17, 15) is 9.59 Å². The van der Waals surface area contributed by atoms with E-state index in [0.717, 1.165) is 11.4 Å². The molecular weight excluding hydrogens is 318 g/mol. The largest absolute Gasteiger partial charge is 0.497 e. The first-order valence-corrected chi connectivity index (χ1v) is 8.06. The van der Waals surface area contributed by atoms with Gasteiger partial charge in [0.2, 0.25) is 5.91 Å². The van der Waals surface area contributed by atoms with Crippen LogP contribution in [0.3, 0.4) is 0 Å². The Balaban J connectivity index is 1.90. The van der Waals surface area contributed by atoms with Gasteiger partial charge in [-0.15, -0.1) is 0 Å². The molecule has 0 saturated carbocycles. The quantitative estimate of drug-likeness (QED) is 0.723. The Kier molecular flexibility index (Phi) is 6.39. The molecule has 0 aliphatic heterocycles. The average molecular weight is 341 g/mol. The lowest BCUT2D eigenvalue weighted by Gasteiger charge is -2.11. The standard InChI is InChI=1S/C19H23N3O3/c1-13(2)21-19(24)14-5-4-6-16(11-14)22-18(23)12-20-15-7-9-17(25-3)10-8-15/h4-11,13,20H,12H2,1-3H3,(H,21,24)(H,22,23). The van der Waals surface area contributed by atoms with Gasteiger partial charge < -0.3 is 20.7 Å². The number of benzene rings is 2. The van der Waals surface area contributed by atoms with Crippen molar-refractivity contribution >= 4 is 23.2 Å². The maximum absolute atomic E-state index is 12.1. The molecule has 2 amide bonds. The summed E-state index contributed by atoms with van der Waals surface area (Å²) in [4.78, 5) is 24.1. The van der Waals surface area contributed by atoms with E-state index >= 15 is 0 Å². The van der Waals surface area contributed by atoms with E-state index in [-0.39, 0.29) is 24.4 Å². The highest BCUT2D eigenvalue weighted by Crippen LogP contribution is 2.15. The zero-order chi connectivity index (χ0) is 18.2. The summed E-state index contributed by atoms with van der Waals surface area (Å²) in [6, 6.07) is 14.2. The summed E-state index contributed by atoms with van der Waals surface area (Å²) >= 11 is 0. The molecule has 0 radical (unpaired) electrons. The topological polar surface area (TPSA) is 79.5 Å². The third-order valence-corrected chi connectivity index (χ3v) is 3.37. The lowest BCUT2D eigenvalue weighted by atomic mass is 10.1. The summed E-state index contributed by atoms with van der Waals surface area (Å²) in [5.41, 5.74) is 1.91. The van der Waals surface area contributed by atoms with Crippen molar-refractivity contribution in [3.63, 3.8) is 0 Å². The third-order valence-electron chi connectivity index (χ3n) is 3.37. The molecule has 2 aromatic rings. The van der Waals surface area contributed by atoms with E-state index in [4.69, 9.17) is 4.74 Å². The zero-order valence-electron chi connectivity index (χ0n) is 14.6. The Morgan fingerprint density at radius 3 is 2.40 bits per heavy atom. The maximum Gasteiger partial charge on any atom is 0.251 e. The number of amides is 2. The molecule has 25 heavy (non-hydrogen) atoms. The Morgan fingerprint density at radius 2 is 1.76 bits per heavy atom. The minimum atomic E-state index is -0.197. The molecule has 0 bridgehead atoms. The first kappa shape index (κ1) is 18.3. The van der Waals surface area contributed by atoms with Gasteiger partial charge in [0.15, 0.2) is 0 Å². The number of ether oxygens (including phenoxy) is 1. The number of anilines is 2. The van der Waals surface area contributed by atoms with Gasteiger partial charge >= 0.3 is 0 Å². The summed E-state index contributed by atoms with van der Waals surface area (Å²) in [7, 11) is 1.60. The van der Waals surface area contributed by atoms with Crippen LogP contribution in [0.5, 0.6) is 5.75 Å². The summed E-state index contributed by atoms with van der Waals surface area (Å²) in [5.74, 6) is 0.395. The number of methoxy groups -OCH3 is 1. The minimum Gasteiger partial charge on any atom is -0.497 e. The van der Waals surface area contributed by atoms with E-state index < -0.39 is 0 Å². The van der Waals surface area contributed by atoms with Gasteiger partial charge in [0.05, 0.1) is 13.7 Å². The van der Waals surface area contributed by atoms with Gasteiger partial charge in [-0.1, -0.05) is 6.07 Å². The fraction of sp³-hybridized carbons (Fsp3) is 0.263. The van der Waals surface area contributed by atoms with E-state index in [0.29, 0.717) is 11.3 Å². The number of hydrogen-bond donors (Lipinski definition) is 3. The van der Waals surface area contributed by atoms with Crippen LogP contribution in [0.4, 0.5) is 11.4 Å². The van der Waals surface area contributed by atoms with Crippen molar-refractivity contribution in [1.82, 2.24) is 5.32 Å². The SMILES string of the molecule is COc1ccc(NCC(=O)Nc2cccc(C(=O)NC(C)C)c2)cc1. The van der Waals surface area contributed by atoms with Crippen molar-refractivity contribution in [2.75, 3.05) is 24.3 Å². The molecule has 0 aliphatic rings. The Morgan fingerprint density at radius 1 is 1.04 bits per heavy atom. The van der Waals surface area contributed by atoms with Gasteiger partial charge in [-0.2, -0.15) is 0 Å². The van der Waals surface area contributed by atoms with Crippen LogP contribution >= 0.6 is 0 Å². The molecule has 0 aromatic heterocycles. The predicted octanol–water partition coefficient (Wildman–Crippen LogP) is 2.88. The highest BCUT2D eigenvalue weighted by Gasteiger charge is 2.09. The fourth-order valence-electron chi connectivity index (χ4n) is 2.18. The molecule has 6 nitrogen and oxygen atoms in total. The highest BCUT2D eigenvalue weighted by atomic mass is 16.5. The summed E-state index contributed by atoms with van der Waals surface area (Å²) in [6.07, 6.45) is 0. The van der Waals surface area contributed by atoms with Crippen molar-refractivity contribution in [1.29, 1.82) is 0 Å². The lowest BCUT2D eigenvalue weighted by molar-refractivity contribution is -0.114.